The van der Waals surface area contributed by atoms with Crippen LogP contribution in [0.2, 0.25) is 0 Å². The van der Waals surface area contributed by atoms with Crippen molar-refractivity contribution >= 4 is 27.4 Å². The summed E-state index contributed by atoms with van der Waals surface area (Å²) in [5, 5.41) is 4.56. The normalized spacial score (nSPS) is 11.9. The average Bonchev–Trinajstić information content (AvgIpc) is 3.17. The minimum Gasteiger partial charge on any atom is -0.406 e. The van der Waals surface area contributed by atoms with Crippen molar-refractivity contribution in [1.82, 2.24) is 9.97 Å². The smallest absolute Gasteiger partial charge is 0.406 e. The van der Waals surface area contributed by atoms with E-state index in [-0.39, 0.29) is 11.7 Å². The second-order valence-electron chi connectivity index (χ2n) is 8.46. The molecule has 0 spiro atoms. The third kappa shape index (κ3) is 6.05. The molecule has 1 N–H and O–H groups in total. The lowest BCUT2D eigenvalue weighted by atomic mass is 10.0. The van der Waals surface area contributed by atoms with Crippen molar-refractivity contribution in [1.29, 1.82) is 0 Å². The van der Waals surface area contributed by atoms with Gasteiger partial charge in [-0.2, -0.15) is 0 Å². The first-order valence-electron chi connectivity index (χ1n) is 11.1. The first-order valence-corrected chi connectivity index (χ1v) is 12.0. The maximum atomic E-state index is 12.3. The summed E-state index contributed by atoms with van der Waals surface area (Å²) < 4.78 is 40.9. The summed E-state index contributed by atoms with van der Waals surface area (Å²) in [6, 6.07) is 16.1. The molecule has 0 saturated carbocycles. The molecule has 4 rings (SSSR count). The van der Waals surface area contributed by atoms with Crippen LogP contribution in [0.15, 0.2) is 54.6 Å². The second-order valence-corrected chi connectivity index (χ2v) is 9.70. The van der Waals surface area contributed by atoms with E-state index in [9.17, 15) is 13.2 Å². The Labute approximate surface area is 200 Å². The summed E-state index contributed by atoms with van der Waals surface area (Å²) in [7, 11) is 0. The van der Waals surface area contributed by atoms with E-state index in [0.29, 0.717) is 0 Å². The highest BCUT2D eigenvalue weighted by molar-refractivity contribution is 7.18. The van der Waals surface area contributed by atoms with Crippen molar-refractivity contribution < 1.29 is 17.9 Å². The van der Waals surface area contributed by atoms with Crippen molar-refractivity contribution in [3.8, 4) is 16.9 Å². The van der Waals surface area contributed by atoms with Crippen molar-refractivity contribution in [3.63, 3.8) is 0 Å². The Kier molecular flexibility index (Phi) is 7.07. The summed E-state index contributed by atoms with van der Waals surface area (Å²) in [5.41, 5.74) is 2.98. The molecule has 0 fully saturated rings. The number of aryl methyl sites for hydroxylation is 2. The van der Waals surface area contributed by atoms with Crippen LogP contribution < -0.4 is 10.1 Å². The molecule has 8 heteroatoms. The van der Waals surface area contributed by atoms with Crippen LogP contribution >= 0.6 is 11.3 Å². The molecule has 0 unspecified atom stereocenters. The van der Waals surface area contributed by atoms with Crippen LogP contribution in [-0.2, 0) is 6.42 Å². The highest BCUT2D eigenvalue weighted by Crippen LogP contribution is 2.30. The minimum atomic E-state index is -4.68. The number of halogens is 3. The maximum absolute atomic E-state index is 12.3. The Balaban J connectivity index is 1.34. The predicted octanol–water partition coefficient (Wildman–Crippen LogP) is 7.73. The zero-order valence-corrected chi connectivity index (χ0v) is 20.1. The van der Waals surface area contributed by atoms with Gasteiger partial charge in [-0.3, -0.25) is 0 Å². The molecule has 0 aliphatic carbocycles. The molecular weight excluding hydrogens is 459 g/mol. The number of ether oxygens (including phenoxy) is 1. The lowest BCUT2D eigenvalue weighted by Gasteiger charge is -2.11. The zero-order chi connectivity index (χ0) is 24.3. The van der Waals surface area contributed by atoms with Gasteiger partial charge in [0.15, 0.2) is 0 Å². The van der Waals surface area contributed by atoms with Gasteiger partial charge in [-0.15, -0.1) is 24.5 Å². The molecule has 0 radical (unpaired) electrons. The summed E-state index contributed by atoms with van der Waals surface area (Å²) >= 11 is 1.69. The van der Waals surface area contributed by atoms with Gasteiger partial charge in [-0.25, -0.2) is 9.97 Å². The number of benzene rings is 2. The molecule has 0 aliphatic heterocycles. The quantitative estimate of drug-likeness (QED) is 0.259. The van der Waals surface area contributed by atoms with E-state index in [1.807, 2.05) is 12.1 Å². The van der Waals surface area contributed by atoms with Crippen molar-refractivity contribution in [2.45, 2.75) is 45.9 Å². The molecule has 178 valence electrons. The van der Waals surface area contributed by atoms with Gasteiger partial charge in [0.1, 0.15) is 22.2 Å². The van der Waals surface area contributed by atoms with Crippen LogP contribution in [0.4, 0.5) is 19.0 Å². The molecule has 0 saturated heterocycles. The van der Waals surface area contributed by atoms with Gasteiger partial charge in [0.2, 0.25) is 0 Å². The molecule has 34 heavy (non-hydrogen) atoms. The van der Waals surface area contributed by atoms with E-state index >= 15 is 0 Å². The molecule has 0 aliphatic rings. The van der Waals surface area contributed by atoms with Crippen LogP contribution in [-0.4, -0.2) is 22.9 Å². The molecular formula is C26H26F3N3OS. The second kappa shape index (κ2) is 10.0. The van der Waals surface area contributed by atoms with Crippen LogP contribution in [0.25, 0.3) is 21.3 Å². The van der Waals surface area contributed by atoms with Gasteiger partial charge in [0.25, 0.3) is 0 Å². The lowest BCUT2D eigenvalue weighted by molar-refractivity contribution is -0.274. The van der Waals surface area contributed by atoms with E-state index in [4.69, 9.17) is 9.97 Å². The molecule has 4 nitrogen and oxygen atoms in total. The third-order valence-corrected chi connectivity index (χ3v) is 6.30. The molecule has 0 bridgehead atoms. The number of hydrogen-bond donors (Lipinski definition) is 1. The molecule has 0 atom stereocenters. The van der Waals surface area contributed by atoms with Crippen molar-refractivity contribution in [3.05, 3.63) is 70.9 Å². The largest absolute Gasteiger partial charge is 0.573 e. The highest BCUT2D eigenvalue weighted by atomic mass is 32.1. The standard InChI is InChI=1S/C26H26F3N3OS/c1-16(2)23-31-24(22-15-17(3)34-25(22)32-23)30-14-4-5-18-6-8-19(9-7-18)20-10-12-21(13-11-20)33-26(27,28)29/h6-13,15-16H,4-5,14H2,1-3H3,(H,30,31,32). The first-order chi connectivity index (χ1) is 16.2. The Bertz CT molecular complexity index is 1250. The number of hydrogen-bond acceptors (Lipinski definition) is 5. The van der Waals surface area contributed by atoms with Crippen LogP contribution in [0, 0.1) is 6.92 Å². The average molecular weight is 486 g/mol. The number of nitrogens with one attached hydrogen (secondary N) is 1. The van der Waals surface area contributed by atoms with E-state index < -0.39 is 6.36 Å². The Morgan fingerprint density at radius 2 is 1.62 bits per heavy atom. The Morgan fingerprint density at radius 3 is 2.24 bits per heavy atom. The fourth-order valence-electron chi connectivity index (χ4n) is 3.66. The number of rotatable bonds is 8. The lowest BCUT2D eigenvalue weighted by Crippen LogP contribution is -2.16. The van der Waals surface area contributed by atoms with E-state index in [0.717, 1.165) is 52.4 Å². The van der Waals surface area contributed by atoms with E-state index in [1.165, 1.54) is 22.6 Å². The summed E-state index contributed by atoms with van der Waals surface area (Å²) in [6.45, 7) is 7.07. The SMILES string of the molecule is Cc1cc2c(NCCCc3ccc(-c4ccc(OC(F)(F)F)cc4)cc3)nc(C(C)C)nc2s1. The number of aromatic nitrogens is 2. The van der Waals surface area contributed by atoms with Crippen molar-refractivity contribution in [2.75, 3.05) is 11.9 Å². The first kappa shape index (κ1) is 24.0. The summed E-state index contributed by atoms with van der Waals surface area (Å²) in [4.78, 5) is 11.7. The third-order valence-electron chi connectivity index (χ3n) is 5.36. The van der Waals surface area contributed by atoms with Crippen LogP contribution in [0.1, 0.15) is 42.5 Å². The van der Waals surface area contributed by atoms with Crippen LogP contribution in [0.5, 0.6) is 5.75 Å². The monoisotopic (exact) mass is 485 g/mol. The van der Waals surface area contributed by atoms with Crippen LogP contribution in [0.3, 0.4) is 0 Å². The zero-order valence-electron chi connectivity index (χ0n) is 19.2. The number of nitrogens with zero attached hydrogens (tertiary/aromatic N) is 2. The molecule has 2 aromatic carbocycles. The highest BCUT2D eigenvalue weighted by Gasteiger charge is 2.30. The fraction of sp³-hybridized carbons (Fsp3) is 0.308. The van der Waals surface area contributed by atoms with Gasteiger partial charge >= 0.3 is 6.36 Å². The number of fused-ring (bicyclic) bond motifs is 1. The molecule has 4 aromatic rings. The minimum absolute atomic E-state index is 0.223. The molecule has 2 aromatic heterocycles. The fourth-order valence-corrected chi connectivity index (χ4v) is 4.55. The van der Waals surface area contributed by atoms with Gasteiger partial charge in [0.05, 0.1) is 5.39 Å². The number of thiophene rings is 1. The van der Waals surface area contributed by atoms with E-state index in [1.54, 1.807) is 23.5 Å². The van der Waals surface area contributed by atoms with E-state index in [2.05, 4.69) is 49.0 Å². The molecule has 2 heterocycles. The summed E-state index contributed by atoms with van der Waals surface area (Å²) in [5.74, 6) is 1.79. The Morgan fingerprint density at radius 1 is 0.971 bits per heavy atom. The van der Waals surface area contributed by atoms with Gasteiger partial charge < -0.3 is 10.1 Å². The Hall–Kier alpha value is -3.13. The van der Waals surface area contributed by atoms with Crippen molar-refractivity contribution in [2.24, 2.45) is 0 Å². The van der Waals surface area contributed by atoms with Gasteiger partial charge in [-0.05, 0) is 54.7 Å². The maximum Gasteiger partial charge on any atom is 0.573 e. The van der Waals surface area contributed by atoms with Gasteiger partial charge in [0, 0.05) is 17.3 Å². The van der Waals surface area contributed by atoms with Gasteiger partial charge in [-0.1, -0.05) is 50.2 Å². The topological polar surface area (TPSA) is 47.0 Å². The molecule has 0 amide bonds. The number of anilines is 1. The summed E-state index contributed by atoms with van der Waals surface area (Å²) in [6.07, 6.45) is -2.84. The number of alkyl halides is 3. The predicted molar refractivity (Wildman–Crippen MR) is 132 cm³/mol.